The zero-order valence-corrected chi connectivity index (χ0v) is 8.42. The number of nitrogens with zero attached hydrogens (tertiary/aromatic N) is 1. The molecule has 0 saturated carbocycles. The third-order valence-corrected chi connectivity index (χ3v) is 1.20. The highest BCUT2D eigenvalue weighted by Gasteiger charge is 2.14. The Morgan fingerprint density at radius 1 is 1.57 bits per heavy atom. The predicted molar refractivity (Wildman–Crippen MR) is 51.3 cm³/mol. The summed E-state index contributed by atoms with van der Waals surface area (Å²) < 4.78 is 4.99. The van der Waals surface area contributed by atoms with E-state index in [1.807, 2.05) is 0 Å². The van der Waals surface area contributed by atoms with Crippen LogP contribution in [0.2, 0.25) is 0 Å². The Kier molecular flexibility index (Phi) is 2.92. The van der Waals surface area contributed by atoms with Crippen molar-refractivity contribution < 1.29 is 9.53 Å². The van der Waals surface area contributed by atoms with Crippen molar-refractivity contribution in [3.05, 3.63) is 18.2 Å². The maximum atomic E-state index is 11.1. The first kappa shape index (κ1) is 10.3. The Hall–Kier alpha value is -1.76. The molecule has 0 aliphatic carbocycles. The fraction of sp³-hybridized carbons (Fsp3) is 0.400. The number of esters is 1. The Labute approximate surface area is 82.7 Å². The van der Waals surface area contributed by atoms with E-state index in [1.54, 1.807) is 20.8 Å². The normalized spacial score (nSPS) is 10.2. The number of nitrogens with one attached hydrogen (secondary N) is 1. The van der Waals surface area contributed by atoms with E-state index in [4.69, 9.17) is 4.74 Å². The lowest BCUT2D eigenvalue weighted by molar-refractivity contribution is -0.147. The van der Waals surface area contributed by atoms with Gasteiger partial charge in [0.1, 0.15) is 11.3 Å². The molecule has 0 aromatic carbocycles. The van der Waals surface area contributed by atoms with Gasteiger partial charge < -0.3 is 9.72 Å². The average Bonchev–Trinajstić information content (AvgIpc) is 2.49. The zero-order chi connectivity index (χ0) is 10.6. The highest BCUT2D eigenvalue weighted by atomic mass is 16.6. The van der Waals surface area contributed by atoms with Gasteiger partial charge in [0.2, 0.25) is 0 Å². The molecule has 74 valence electrons. The van der Waals surface area contributed by atoms with E-state index in [1.165, 1.54) is 12.5 Å². The van der Waals surface area contributed by atoms with Crippen molar-refractivity contribution in [2.24, 2.45) is 0 Å². The Balaban J connectivity index is 2.57. The number of aromatic nitrogens is 2. The third-order valence-electron chi connectivity index (χ3n) is 1.20. The summed E-state index contributed by atoms with van der Waals surface area (Å²) in [6.45, 7) is 5.38. The van der Waals surface area contributed by atoms with Gasteiger partial charge in [0.25, 0.3) is 0 Å². The largest absolute Gasteiger partial charge is 0.450 e. The molecule has 0 bridgehead atoms. The van der Waals surface area contributed by atoms with Gasteiger partial charge in [0, 0.05) is 5.92 Å². The summed E-state index contributed by atoms with van der Waals surface area (Å²) in [6, 6.07) is 0. The minimum atomic E-state index is -0.535. The van der Waals surface area contributed by atoms with Crippen LogP contribution in [0.4, 0.5) is 0 Å². The molecule has 1 rings (SSSR count). The van der Waals surface area contributed by atoms with Crippen LogP contribution in [-0.2, 0) is 9.53 Å². The maximum absolute atomic E-state index is 11.1. The number of H-pyrrole nitrogens is 1. The van der Waals surface area contributed by atoms with Crippen LogP contribution in [0.25, 0.3) is 0 Å². The molecule has 14 heavy (non-hydrogen) atoms. The molecule has 0 amide bonds. The molecule has 0 aliphatic heterocycles. The molecule has 0 saturated heterocycles. The van der Waals surface area contributed by atoms with Crippen LogP contribution in [0, 0.1) is 11.8 Å². The lowest BCUT2D eigenvalue weighted by Crippen LogP contribution is -2.22. The van der Waals surface area contributed by atoms with Gasteiger partial charge in [-0.05, 0) is 26.7 Å². The molecule has 0 fully saturated rings. The summed E-state index contributed by atoms with van der Waals surface area (Å²) in [6.07, 6.45) is 3.04. The van der Waals surface area contributed by atoms with Gasteiger partial charge in [-0.25, -0.2) is 9.78 Å². The van der Waals surface area contributed by atoms with Crippen molar-refractivity contribution in [1.82, 2.24) is 9.97 Å². The number of carbonyl (C=O) groups excluding carboxylic acids is 1. The Morgan fingerprint density at radius 2 is 2.29 bits per heavy atom. The first-order valence-electron chi connectivity index (χ1n) is 4.21. The summed E-state index contributed by atoms with van der Waals surface area (Å²) in [5.41, 5.74) is 0.0931. The van der Waals surface area contributed by atoms with Gasteiger partial charge in [-0.2, -0.15) is 0 Å². The number of aromatic amines is 1. The van der Waals surface area contributed by atoms with Crippen LogP contribution < -0.4 is 0 Å². The average molecular weight is 192 g/mol. The number of ether oxygens (including phenoxy) is 1. The lowest BCUT2D eigenvalue weighted by atomic mass is 10.2. The SMILES string of the molecule is CC(C)(C)OC(=O)C#Cc1cnc[nH]1. The van der Waals surface area contributed by atoms with Crippen molar-refractivity contribution in [1.29, 1.82) is 0 Å². The molecule has 0 aliphatic rings. The van der Waals surface area contributed by atoms with Crippen molar-refractivity contribution in [3.8, 4) is 11.8 Å². The minimum Gasteiger partial charge on any atom is -0.450 e. The second-order valence-corrected chi connectivity index (χ2v) is 3.72. The minimum absolute atomic E-state index is 0.500. The molecule has 0 spiro atoms. The smallest absolute Gasteiger partial charge is 0.385 e. The molecule has 0 unspecified atom stereocenters. The summed E-state index contributed by atoms with van der Waals surface area (Å²) in [5.74, 6) is 4.43. The number of hydrogen-bond acceptors (Lipinski definition) is 3. The first-order chi connectivity index (χ1) is 6.47. The van der Waals surface area contributed by atoms with Crippen LogP contribution in [0.3, 0.4) is 0 Å². The number of rotatable bonds is 0. The molecule has 4 heteroatoms. The molecule has 1 aromatic heterocycles. The maximum Gasteiger partial charge on any atom is 0.385 e. The number of hydrogen-bond donors (Lipinski definition) is 1. The van der Waals surface area contributed by atoms with Gasteiger partial charge >= 0.3 is 5.97 Å². The third kappa shape index (κ3) is 3.76. The highest BCUT2D eigenvalue weighted by Crippen LogP contribution is 2.06. The van der Waals surface area contributed by atoms with Crippen LogP contribution >= 0.6 is 0 Å². The quantitative estimate of drug-likeness (QED) is 0.494. The fourth-order valence-corrected chi connectivity index (χ4v) is 0.746. The van der Waals surface area contributed by atoms with Crippen LogP contribution in [-0.4, -0.2) is 21.5 Å². The predicted octanol–water partition coefficient (Wildman–Crippen LogP) is 1.10. The van der Waals surface area contributed by atoms with Crippen molar-refractivity contribution >= 4 is 5.97 Å². The van der Waals surface area contributed by atoms with Crippen LogP contribution in [0.5, 0.6) is 0 Å². The molecular weight excluding hydrogens is 180 g/mol. The molecule has 0 atom stereocenters. The second-order valence-electron chi connectivity index (χ2n) is 3.72. The van der Waals surface area contributed by atoms with E-state index in [-0.39, 0.29) is 0 Å². The van der Waals surface area contributed by atoms with E-state index in [2.05, 4.69) is 21.8 Å². The zero-order valence-electron chi connectivity index (χ0n) is 8.42. The van der Waals surface area contributed by atoms with E-state index in [0.717, 1.165) is 0 Å². The van der Waals surface area contributed by atoms with Gasteiger partial charge in [0.05, 0.1) is 12.5 Å². The summed E-state index contributed by atoms with van der Waals surface area (Å²) in [4.78, 5) is 17.7. The van der Waals surface area contributed by atoms with Crippen molar-refractivity contribution in [3.63, 3.8) is 0 Å². The van der Waals surface area contributed by atoms with Gasteiger partial charge in [0.15, 0.2) is 0 Å². The number of carbonyl (C=O) groups is 1. The van der Waals surface area contributed by atoms with Crippen LogP contribution in [0.15, 0.2) is 12.5 Å². The Bertz CT molecular complexity index is 363. The lowest BCUT2D eigenvalue weighted by Gasteiger charge is -2.16. The van der Waals surface area contributed by atoms with Gasteiger partial charge in [-0.1, -0.05) is 0 Å². The standard InChI is InChI=1S/C10H12N2O2/c1-10(2,3)14-9(13)5-4-8-6-11-7-12-8/h6-7H,1-3H3,(H,11,12). The molecular formula is C10H12N2O2. The molecule has 0 radical (unpaired) electrons. The monoisotopic (exact) mass is 192 g/mol. The van der Waals surface area contributed by atoms with E-state index in [0.29, 0.717) is 5.69 Å². The topological polar surface area (TPSA) is 55.0 Å². The molecule has 4 nitrogen and oxygen atoms in total. The van der Waals surface area contributed by atoms with E-state index < -0.39 is 11.6 Å². The van der Waals surface area contributed by atoms with Crippen LogP contribution in [0.1, 0.15) is 26.5 Å². The summed E-state index contributed by atoms with van der Waals surface area (Å²) in [7, 11) is 0. The summed E-state index contributed by atoms with van der Waals surface area (Å²) in [5, 5.41) is 0. The summed E-state index contributed by atoms with van der Waals surface area (Å²) >= 11 is 0. The van der Waals surface area contributed by atoms with Gasteiger partial charge in [-0.15, -0.1) is 0 Å². The van der Waals surface area contributed by atoms with E-state index in [9.17, 15) is 4.79 Å². The molecule has 1 heterocycles. The van der Waals surface area contributed by atoms with Crippen molar-refractivity contribution in [2.45, 2.75) is 26.4 Å². The van der Waals surface area contributed by atoms with E-state index >= 15 is 0 Å². The van der Waals surface area contributed by atoms with Crippen molar-refractivity contribution in [2.75, 3.05) is 0 Å². The Morgan fingerprint density at radius 3 is 2.79 bits per heavy atom. The first-order valence-corrected chi connectivity index (χ1v) is 4.21. The second kappa shape index (κ2) is 3.97. The van der Waals surface area contributed by atoms with Gasteiger partial charge in [-0.3, -0.25) is 0 Å². The fourth-order valence-electron chi connectivity index (χ4n) is 0.746. The highest BCUT2D eigenvalue weighted by molar-refractivity contribution is 5.89. The molecule has 1 N–H and O–H groups in total. The number of imidazole rings is 1. The molecule has 1 aromatic rings.